The minimum Gasteiger partial charge on any atom is -0.363 e. The lowest BCUT2D eigenvalue weighted by Gasteiger charge is -2.24. The summed E-state index contributed by atoms with van der Waals surface area (Å²) in [7, 11) is 0. The summed E-state index contributed by atoms with van der Waals surface area (Å²) in [5.74, 6) is 5.36. The molecule has 1 atom stereocenters. The second-order valence-corrected chi connectivity index (χ2v) is 9.59. The molecule has 0 saturated carbocycles. The van der Waals surface area contributed by atoms with Gasteiger partial charge in [0.25, 0.3) is 5.91 Å². The van der Waals surface area contributed by atoms with E-state index in [-0.39, 0.29) is 18.0 Å². The molecule has 2 aliphatic heterocycles. The first-order chi connectivity index (χ1) is 18.0. The van der Waals surface area contributed by atoms with E-state index in [1.165, 1.54) is 0 Å². The van der Waals surface area contributed by atoms with Gasteiger partial charge in [-0.3, -0.25) is 15.0 Å². The van der Waals surface area contributed by atoms with E-state index in [2.05, 4.69) is 41.1 Å². The number of amides is 2. The molecule has 2 aromatic rings. The Bertz CT molecular complexity index is 1150. The second kappa shape index (κ2) is 12.4. The summed E-state index contributed by atoms with van der Waals surface area (Å²) in [5.41, 5.74) is 8.15. The number of rotatable bonds is 9. The number of likely N-dealkylation sites (tertiary alicyclic amines) is 1. The number of nitrogens with one attached hydrogen (secondary N) is 2. The van der Waals surface area contributed by atoms with Crippen molar-refractivity contribution in [2.45, 2.75) is 52.1 Å². The van der Waals surface area contributed by atoms with Crippen LogP contribution in [0.25, 0.3) is 17.2 Å². The van der Waals surface area contributed by atoms with E-state index in [4.69, 9.17) is 5.84 Å². The lowest BCUT2D eigenvalue weighted by Crippen LogP contribution is -2.37. The van der Waals surface area contributed by atoms with Gasteiger partial charge in [0, 0.05) is 49.4 Å². The Morgan fingerprint density at radius 2 is 1.73 bits per heavy atom. The van der Waals surface area contributed by atoms with Gasteiger partial charge >= 0.3 is 0 Å². The topological polar surface area (TPSA) is 115 Å². The molecular weight excluding hydrogens is 466 g/mol. The van der Waals surface area contributed by atoms with Crippen molar-refractivity contribution in [1.29, 1.82) is 0 Å². The fraction of sp³-hybridized carbons (Fsp3) is 0.429. The van der Waals surface area contributed by atoms with Gasteiger partial charge in [0.1, 0.15) is 6.17 Å². The predicted octanol–water partition coefficient (Wildman–Crippen LogP) is 4.59. The van der Waals surface area contributed by atoms with Gasteiger partial charge in [0.2, 0.25) is 5.91 Å². The summed E-state index contributed by atoms with van der Waals surface area (Å²) in [6.07, 6.45) is 6.00. The summed E-state index contributed by atoms with van der Waals surface area (Å²) >= 11 is 0. The molecule has 9 heteroatoms. The molecular formula is C28H37N7O2. The molecule has 2 amide bonds. The Hall–Kier alpha value is -3.88. The number of hydrogen-bond donors (Lipinski definition) is 3. The van der Waals surface area contributed by atoms with E-state index < -0.39 is 0 Å². The van der Waals surface area contributed by atoms with Crippen molar-refractivity contribution in [2.75, 3.05) is 31.5 Å². The van der Waals surface area contributed by atoms with Crippen molar-refractivity contribution in [2.24, 2.45) is 16.3 Å². The zero-order valence-corrected chi connectivity index (χ0v) is 21.7. The van der Waals surface area contributed by atoms with Gasteiger partial charge in [-0.05, 0) is 66.6 Å². The van der Waals surface area contributed by atoms with E-state index in [9.17, 15) is 9.59 Å². The van der Waals surface area contributed by atoms with Gasteiger partial charge in [0.15, 0.2) is 0 Å². The Labute approximate surface area is 218 Å². The predicted molar refractivity (Wildman–Crippen MR) is 146 cm³/mol. The summed E-state index contributed by atoms with van der Waals surface area (Å²) in [6, 6.07) is 13.9. The van der Waals surface area contributed by atoms with Crippen molar-refractivity contribution >= 4 is 23.6 Å². The third-order valence-electron chi connectivity index (χ3n) is 6.82. The number of nitrogens with two attached hydrogens (primary N) is 1. The molecule has 0 aromatic heterocycles. The zero-order chi connectivity index (χ0) is 26.2. The number of carbonyl (C=O) groups excluding carboxylic acids is 2. The number of nitrogens with zero attached hydrogens (tertiary/aromatic N) is 4. The highest BCUT2D eigenvalue weighted by molar-refractivity contribution is 5.99. The first-order valence-corrected chi connectivity index (χ1v) is 13.2. The van der Waals surface area contributed by atoms with Crippen LogP contribution in [-0.4, -0.2) is 54.0 Å². The van der Waals surface area contributed by atoms with Gasteiger partial charge < -0.3 is 21.0 Å². The van der Waals surface area contributed by atoms with Crippen molar-refractivity contribution in [3.63, 3.8) is 0 Å². The van der Waals surface area contributed by atoms with Crippen LogP contribution in [0.4, 0.5) is 5.69 Å². The minimum atomic E-state index is -0.357. The molecule has 4 N–H and O–H groups in total. The summed E-state index contributed by atoms with van der Waals surface area (Å²) < 4.78 is 0. The molecule has 0 bridgehead atoms. The van der Waals surface area contributed by atoms with Crippen LogP contribution in [0.5, 0.6) is 0 Å². The maximum Gasteiger partial charge on any atom is 0.253 e. The van der Waals surface area contributed by atoms with Crippen LogP contribution in [0.1, 0.15) is 61.9 Å². The molecule has 2 heterocycles. The van der Waals surface area contributed by atoms with E-state index >= 15 is 0 Å². The fourth-order valence-corrected chi connectivity index (χ4v) is 4.99. The summed E-state index contributed by atoms with van der Waals surface area (Å²) in [4.78, 5) is 30.0. The lowest BCUT2D eigenvalue weighted by atomic mass is 10.00. The Morgan fingerprint density at radius 1 is 1.05 bits per heavy atom. The van der Waals surface area contributed by atoms with Gasteiger partial charge in [-0.15, -0.1) is 0 Å². The molecule has 196 valence electrons. The third kappa shape index (κ3) is 6.28. The highest BCUT2D eigenvalue weighted by Crippen LogP contribution is 2.32. The van der Waals surface area contributed by atoms with Gasteiger partial charge in [-0.25, -0.2) is 0 Å². The molecule has 0 spiro atoms. The van der Waals surface area contributed by atoms with Gasteiger partial charge in [0.05, 0.1) is 0 Å². The number of anilines is 1. The molecule has 0 radical (unpaired) electrons. The lowest BCUT2D eigenvalue weighted by molar-refractivity contribution is -0.127. The third-order valence-corrected chi connectivity index (χ3v) is 6.82. The van der Waals surface area contributed by atoms with E-state index in [1.807, 2.05) is 52.3 Å². The van der Waals surface area contributed by atoms with Crippen LogP contribution >= 0.6 is 0 Å². The van der Waals surface area contributed by atoms with Crippen LogP contribution in [0.2, 0.25) is 0 Å². The van der Waals surface area contributed by atoms with Gasteiger partial charge in [-0.1, -0.05) is 48.6 Å². The fourth-order valence-electron chi connectivity index (χ4n) is 4.99. The summed E-state index contributed by atoms with van der Waals surface area (Å²) in [6.45, 7) is 7.28. The van der Waals surface area contributed by atoms with Gasteiger partial charge in [-0.2, -0.15) is 0 Å². The molecule has 2 aromatic carbocycles. The Balaban J connectivity index is 1.61. The van der Waals surface area contributed by atoms with E-state index in [1.54, 1.807) is 0 Å². The average Bonchev–Trinajstić information content (AvgIpc) is 3.39. The first-order valence-electron chi connectivity index (χ1n) is 13.2. The summed E-state index contributed by atoms with van der Waals surface area (Å²) in [5, 5.41) is 10.5. The second-order valence-electron chi connectivity index (χ2n) is 9.59. The highest BCUT2D eigenvalue weighted by atomic mass is 16.2. The van der Waals surface area contributed by atoms with Crippen molar-refractivity contribution < 1.29 is 9.59 Å². The highest BCUT2D eigenvalue weighted by Gasteiger charge is 2.25. The molecule has 4 rings (SSSR count). The molecule has 2 aliphatic rings. The molecule has 0 aliphatic carbocycles. The maximum absolute atomic E-state index is 13.4. The zero-order valence-electron chi connectivity index (χ0n) is 21.7. The Kier molecular flexibility index (Phi) is 8.77. The van der Waals surface area contributed by atoms with Crippen molar-refractivity contribution in [3.8, 4) is 11.1 Å². The quantitative estimate of drug-likeness (QED) is 0.263. The monoisotopic (exact) mass is 503 g/mol. The normalized spacial score (nSPS) is 17.1. The first kappa shape index (κ1) is 26.2. The van der Waals surface area contributed by atoms with Crippen LogP contribution < -0.4 is 16.6 Å². The van der Waals surface area contributed by atoms with Crippen LogP contribution in [0.3, 0.4) is 0 Å². The van der Waals surface area contributed by atoms with Crippen LogP contribution in [0.15, 0.2) is 58.5 Å². The standard InChI is InChI=1S/C28H37N7O2/c1-3-13-34(14-4-2)28(37)24-17-23-12-11-22(18-25(23)30-26(19-24)31-33-32-29)20-7-9-21(10-8-20)27(36)35-15-5-6-16-35/h7-12,17-18,26,30H,3-6,13-16,19H2,1-2H3,(H2,29,33)(H,31,32). The average molecular weight is 504 g/mol. The number of carbonyl (C=O) groups is 2. The molecule has 1 saturated heterocycles. The van der Waals surface area contributed by atoms with Crippen molar-refractivity contribution in [1.82, 2.24) is 15.2 Å². The minimum absolute atomic E-state index is 0.0390. The van der Waals surface area contributed by atoms with Crippen LogP contribution in [-0.2, 0) is 4.79 Å². The maximum atomic E-state index is 13.4. The number of fused-ring (bicyclic) bond motifs is 1. The smallest absolute Gasteiger partial charge is 0.253 e. The SMILES string of the molecule is CCCN(CCC)C(=O)C1=Cc2ccc(-c3ccc(C(=O)N4CCCC4)cc3)cc2NC(NN=NN)C1. The molecule has 1 unspecified atom stereocenters. The molecule has 9 nitrogen and oxygen atoms in total. The largest absolute Gasteiger partial charge is 0.363 e. The van der Waals surface area contributed by atoms with Crippen LogP contribution in [0, 0.1) is 0 Å². The number of benzene rings is 2. The van der Waals surface area contributed by atoms with Crippen molar-refractivity contribution in [3.05, 3.63) is 59.2 Å². The molecule has 37 heavy (non-hydrogen) atoms. The number of hydrogen-bond acceptors (Lipinski definition) is 5. The molecule has 1 fully saturated rings. The van der Waals surface area contributed by atoms with E-state index in [0.29, 0.717) is 17.6 Å². The van der Waals surface area contributed by atoms with E-state index in [0.717, 1.165) is 74.2 Å². The Morgan fingerprint density at radius 3 is 2.38 bits per heavy atom.